The summed E-state index contributed by atoms with van der Waals surface area (Å²) in [5.74, 6) is 2.02. The van der Waals surface area contributed by atoms with Crippen molar-refractivity contribution >= 4 is 0 Å². The molecular formula is C19H25N3O2. The van der Waals surface area contributed by atoms with Crippen LogP contribution in [-0.2, 0) is 24.8 Å². The lowest BCUT2D eigenvalue weighted by Crippen LogP contribution is -2.32. The Balaban J connectivity index is 1.43. The van der Waals surface area contributed by atoms with E-state index in [1.807, 2.05) is 24.0 Å². The molecule has 1 aromatic heterocycles. The van der Waals surface area contributed by atoms with Crippen LogP contribution in [0.2, 0.25) is 0 Å². The van der Waals surface area contributed by atoms with Crippen LogP contribution in [-0.4, -0.2) is 27.8 Å². The Bertz CT molecular complexity index is 738. The number of benzene rings is 1. The van der Waals surface area contributed by atoms with Gasteiger partial charge in [0.25, 0.3) is 0 Å². The van der Waals surface area contributed by atoms with Gasteiger partial charge in [0, 0.05) is 45.1 Å². The lowest BCUT2D eigenvalue weighted by atomic mass is 10.00. The first-order chi connectivity index (χ1) is 11.5. The molecule has 2 atom stereocenters. The quantitative estimate of drug-likeness (QED) is 0.938. The summed E-state index contributed by atoms with van der Waals surface area (Å²) in [6.07, 6.45) is 5.81. The summed E-state index contributed by atoms with van der Waals surface area (Å²) in [5.41, 5.74) is 2.51. The number of aromatic nitrogens is 2. The molecule has 0 unspecified atom stereocenters. The van der Waals surface area contributed by atoms with Gasteiger partial charge in [0.05, 0.1) is 0 Å². The first kappa shape index (κ1) is 15.7. The molecule has 2 aliphatic rings. The summed E-state index contributed by atoms with van der Waals surface area (Å²) in [6, 6.07) is 6.82. The molecule has 2 aromatic rings. The van der Waals surface area contributed by atoms with Gasteiger partial charge in [-0.15, -0.1) is 0 Å². The van der Waals surface area contributed by atoms with Crippen LogP contribution in [0.5, 0.6) is 5.75 Å². The van der Waals surface area contributed by atoms with Crippen molar-refractivity contribution in [1.82, 2.24) is 14.9 Å². The molecule has 1 fully saturated rings. The molecule has 4 rings (SSSR count). The van der Waals surface area contributed by atoms with Gasteiger partial charge in [-0.3, -0.25) is 0 Å². The molecule has 2 aliphatic heterocycles. The largest absolute Gasteiger partial charge is 0.487 e. The standard InChI is InChI=1S/C19H25N3O2/c1-19(2)11-14-10-13(4-5-16(14)24-19)12-21-15-6-9-23-17(15)18-20-7-8-22(18)3/h4-5,7-8,10,15,17,21H,6,9,11-12H2,1-3H3/t15-,17-/m0/s1. The monoisotopic (exact) mass is 327 g/mol. The van der Waals surface area contributed by atoms with Crippen LogP contribution in [0.4, 0.5) is 0 Å². The molecule has 128 valence electrons. The van der Waals surface area contributed by atoms with Gasteiger partial charge in [-0.05, 0) is 37.5 Å². The normalized spacial score (nSPS) is 24.8. The van der Waals surface area contributed by atoms with E-state index in [1.165, 1.54) is 11.1 Å². The number of hydrogen-bond donors (Lipinski definition) is 1. The molecule has 5 nitrogen and oxygen atoms in total. The van der Waals surface area contributed by atoms with Crippen LogP contribution >= 0.6 is 0 Å². The Kier molecular flexibility index (Phi) is 3.85. The van der Waals surface area contributed by atoms with Crippen molar-refractivity contribution in [2.24, 2.45) is 7.05 Å². The maximum Gasteiger partial charge on any atom is 0.139 e. The Labute approximate surface area is 143 Å². The molecule has 1 saturated heterocycles. The lowest BCUT2D eigenvalue weighted by molar-refractivity contribution is 0.0893. The Morgan fingerprint density at radius 2 is 2.25 bits per heavy atom. The van der Waals surface area contributed by atoms with Crippen LogP contribution in [0.15, 0.2) is 30.6 Å². The number of fused-ring (bicyclic) bond motifs is 1. The average Bonchev–Trinajstić information content (AvgIpc) is 3.21. The highest BCUT2D eigenvalue weighted by Crippen LogP contribution is 2.35. The molecule has 0 saturated carbocycles. The molecule has 0 radical (unpaired) electrons. The lowest BCUT2D eigenvalue weighted by Gasteiger charge is -2.20. The predicted octanol–water partition coefficient (Wildman–Crippen LogP) is 2.75. The fourth-order valence-corrected chi connectivity index (χ4v) is 3.73. The molecule has 0 amide bonds. The van der Waals surface area contributed by atoms with Gasteiger partial charge < -0.3 is 19.4 Å². The summed E-state index contributed by atoms with van der Waals surface area (Å²) < 4.78 is 13.9. The highest BCUT2D eigenvalue weighted by molar-refractivity contribution is 5.41. The number of aryl methyl sites for hydroxylation is 1. The zero-order valence-corrected chi connectivity index (χ0v) is 14.6. The van der Waals surface area contributed by atoms with E-state index in [4.69, 9.17) is 9.47 Å². The van der Waals surface area contributed by atoms with Crippen molar-refractivity contribution in [2.45, 2.75) is 51.0 Å². The highest BCUT2D eigenvalue weighted by Gasteiger charge is 2.32. The molecular weight excluding hydrogens is 302 g/mol. The van der Waals surface area contributed by atoms with Gasteiger partial charge in [0.15, 0.2) is 0 Å². The molecule has 0 spiro atoms. The second kappa shape index (κ2) is 5.90. The summed E-state index contributed by atoms with van der Waals surface area (Å²) in [6.45, 7) is 5.89. The van der Waals surface area contributed by atoms with Crippen molar-refractivity contribution < 1.29 is 9.47 Å². The highest BCUT2D eigenvalue weighted by atomic mass is 16.5. The van der Waals surface area contributed by atoms with E-state index < -0.39 is 0 Å². The number of ether oxygens (including phenoxy) is 2. The molecule has 0 bridgehead atoms. The third-order valence-electron chi connectivity index (χ3n) is 4.90. The number of nitrogens with one attached hydrogen (secondary N) is 1. The topological polar surface area (TPSA) is 48.3 Å². The van der Waals surface area contributed by atoms with Crippen LogP contribution in [0.25, 0.3) is 0 Å². The minimum absolute atomic E-state index is 0.0293. The summed E-state index contributed by atoms with van der Waals surface area (Å²) in [7, 11) is 2.02. The van der Waals surface area contributed by atoms with Crippen LogP contribution in [0, 0.1) is 0 Å². The average molecular weight is 327 g/mol. The molecule has 1 aromatic carbocycles. The molecule has 3 heterocycles. The van der Waals surface area contributed by atoms with Crippen molar-refractivity contribution in [2.75, 3.05) is 6.61 Å². The van der Waals surface area contributed by atoms with Crippen molar-refractivity contribution in [3.63, 3.8) is 0 Å². The second-order valence-corrected chi connectivity index (χ2v) is 7.44. The van der Waals surface area contributed by atoms with Gasteiger partial charge in [-0.25, -0.2) is 4.98 Å². The van der Waals surface area contributed by atoms with Gasteiger partial charge in [0.1, 0.15) is 23.3 Å². The number of rotatable bonds is 4. The number of hydrogen-bond acceptors (Lipinski definition) is 4. The summed E-state index contributed by atoms with van der Waals surface area (Å²) >= 11 is 0. The summed E-state index contributed by atoms with van der Waals surface area (Å²) in [4.78, 5) is 4.45. The van der Waals surface area contributed by atoms with Crippen LogP contribution in [0.3, 0.4) is 0 Å². The third-order valence-corrected chi connectivity index (χ3v) is 4.90. The zero-order valence-electron chi connectivity index (χ0n) is 14.6. The smallest absolute Gasteiger partial charge is 0.139 e. The Morgan fingerprint density at radius 1 is 1.38 bits per heavy atom. The van der Waals surface area contributed by atoms with Gasteiger partial charge >= 0.3 is 0 Å². The van der Waals surface area contributed by atoms with E-state index in [9.17, 15) is 0 Å². The van der Waals surface area contributed by atoms with Gasteiger partial charge in [-0.1, -0.05) is 12.1 Å². The first-order valence-electron chi connectivity index (χ1n) is 8.65. The fourth-order valence-electron chi connectivity index (χ4n) is 3.73. The maximum absolute atomic E-state index is 5.95. The van der Waals surface area contributed by atoms with Gasteiger partial charge in [0.2, 0.25) is 0 Å². The maximum atomic E-state index is 5.95. The number of nitrogens with zero attached hydrogens (tertiary/aromatic N) is 2. The SMILES string of the molecule is Cn1ccnc1[C@H]1OCC[C@@H]1NCc1ccc2c(c1)CC(C)(C)O2. The summed E-state index contributed by atoms with van der Waals surface area (Å²) in [5, 5.41) is 3.66. The van der Waals surface area contributed by atoms with Crippen molar-refractivity contribution in [3.8, 4) is 5.75 Å². The Morgan fingerprint density at radius 3 is 3.04 bits per heavy atom. The number of imidazole rings is 1. The second-order valence-electron chi connectivity index (χ2n) is 7.44. The van der Waals surface area contributed by atoms with E-state index >= 15 is 0 Å². The molecule has 5 heteroatoms. The van der Waals surface area contributed by atoms with Crippen molar-refractivity contribution in [3.05, 3.63) is 47.5 Å². The van der Waals surface area contributed by atoms with E-state index in [0.29, 0.717) is 6.04 Å². The minimum atomic E-state index is -0.0863. The molecule has 0 aliphatic carbocycles. The predicted molar refractivity (Wildman–Crippen MR) is 92.0 cm³/mol. The van der Waals surface area contributed by atoms with E-state index in [1.54, 1.807) is 0 Å². The van der Waals surface area contributed by atoms with Crippen LogP contribution in [0.1, 0.15) is 43.3 Å². The van der Waals surface area contributed by atoms with Crippen LogP contribution < -0.4 is 10.1 Å². The van der Waals surface area contributed by atoms with E-state index in [-0.39, 0.29) is 11.7 Å². The Hall–Kier alpha value is -1.85. The van der Waals surface area contributed by atoms with E-state index in [2.05, 4.69) is 42.3 Å². The minimum Gasteiger partial charge on any atom is -0.487 e. The molecule has 1 N–H and O–H groups in total. The molecule has 24 heavy (non-hydrogen) atoms. The van der Waals surface area contributed by atoms with Gasteiger partial charge in [-0.2, -0.15) is 0 Å². The first-order valence-corrected chi connectivity index (χ1v) is 8.65. The van der Waals surface area contributed by atoms with Crippen molar-refractivity contribution in [1.29, 1.82) is 0 Å². The fraction of sp³-hybridized carbons (Fsp3) is 0.526. The third kappa shape index (κ3) is 2.94. The zero-order chi connectivity index (χ0) is 16.7. The van der Waals surface area contributed by atoms with E-state index in [0.717, 1.165) is 37.6 Å².